The Balaban J connectivity index is 0.772. The van der Waals surface area contributed by atoms with E-state index in [0.29, 0.717) is 54.0 Å². The lowest BCUT2D eigenvalue weighted by Crippen LogP contribution is -2.51. The van der Waals surface area contributed by atoms with Crippen LogP contribution in [0.3, 0.4) is 0 Å². The number of nitrogens with zero attached hydrogens (tertiary/aromatic N) is 3. The molecule has 344 valence electrons. The summed E-state index contributed by atoms with van der Waals surface area (Å²) in [5.74, 6) is 4.78. The van der Waals surface area contributed by atoms with E-state index in [9.17, 15) is 24.5 Å². The van der Waals surface area contributed by atoms with Gasteiger partial charge in [0.1, 0.15) is 0 Å². The molecule has 2 aromatic rings. The fourth-order valence-corrected chi connectivity index (χ4v) is 12.3. The number of anilines is 1. The van der Waals surface area contributed by atoms with Crippen molar-refractivity contribution < 1.29 is 23.9 Å². The SMILES string of the molecule is CC(C)CCC[C@@H](C)[C@H]1CCC2C3CC=C4C[C@@H](NCCCNC(=O)CCNC(=O)CCNC(=O)CCCCCNc5ccc([N+](=O)[O-])c6nonc56)CC[C@]4(C)C3CC[C@@]21C. The molecule has 14 heteroatoms. The molecule has 1 heterocycles. The summed E-state index contributed by atoms with van der Waals surface area (Å²) in [4.78, 5) is 47.6. The number of carbonyl (C=O) groups is 3. The standard InChI is InChI=1S/C48H76N8O6/c1-32(2)11-9-12-33(3)37-16-17-38-36-15-14-34-31-35(20-24-47(34,4)39(36)21-25-48(37,38)5)49-27-10-28-51-43(58)22-30-53-44(59)23-29-52-42(57)13-7-6-8-26-50-40-18-19-41(56(60)61)46-45(40)54-62-55-46/h14,18-19,32-33,35-39,49-50H,6-13,15-17,20-31H2,1-5H3,(H,51,58)(H,52,57)(H,53,59)/t33-,35+,36?,37-,38?,39?,47+,48-/m1/s1. The molecule has 1 aromatic carbocycles. The number of benzene rings is 1. The van der Waals surface area contributed by atoms with Crippen LogP contribution in [0, 0.1) is 56.5 Å². The molecular weight excluding hydrogens is 785 g/mol. The van der Waals surface area contributed by atoms with Gasteiger partial charge in [-0.15, -0.1) is 0 Å². The summed E-state index contributed by atoms with van der Waals surface area (Å²) < 4.78 is 4.68. The Kier molecular flexibility index (Phi) is 16.8. The predicted octanol–water partition coefficient (Wildman–Crippen LogP) is 8.62. The minimum atomic E-state index is -0.526. The largest absolute Gasteiger partial charge is 0.383 e. The van der Waals surface area contributed by atoms with E-state index in [1.54, 1.807) is 11.6 Å². The third kappa shape index (κ3) is 11.7. The molecule has 3 unspecified atom stereocenters. The summed E-state index contributed by atoms with van der Waals surface area (Å²) in [7, 11) is 0. The highest BCUT2D eigenvalue weighted by atomic mass is 16.6. The quantitative estimate of drug-likeness (QED) is 0.0295. The molecule has 6 rings (SSSR count). The Bertz CT molecular complexity index is 1860. The lowest BCUT2D eigenvalue weighted by Gasteiger charge is -2.58. The number of non-ortho nitro benzene ring substituents is 1. The third-order valence-corrected chi connectivity index (χ3v) is 15.7. The first-order chi connectivity index (χ1) is 29.8. The van der Waals surface area contributed by atoms with Crippen LogP contribution in [-0.4, -0.2) is 71.7 Å². The molecule has 4 aliphatic carbocycles. The van der Waals surface area contributed by atoms with Crippen LogP contribution in [0.2, 0.25) is 0 Å². The number of nitrogens with one attached hydrogen (secondary N) is 5. The van der Waals surface area contributed by atoms with Gasteiger partial charge in [0.2, 0.25) is 23.2 Å². The van der Waals surface area contributed by atoms with Crippen molar-refractivity contribution in [3.05, 3.63) is 33.9 Å². The summed E-state index contributed by atoms with van der Waals surface area (Å²) >= 11 is 0. The fourth-order valence-electron chi connectivity index (χ4n) is 12.3. The van der Waals surface area contributed by atoms with Crippen LogP contribution >= 0.6 is 0 Å². The van der Waals surface area contributed by atoms with Gasteiger partial charge in [-0.2, -0.15) is 0 Å². The van der Waals surface area contributed by atoms with Crippen LogP contribution in [0.15, 0.2) is 28.4 Å². The zero-order chi connectivity index (χ0) is 44.3. The molecule has 0 aliphatic heterocycles. The summed E-state index contributed by atoms with van der Waals surface area (Å²) in [6.07, 6.45) is 21.4. The maximum atomic E-state index is 12.4. The Morgan fingerprint density at radius 2 is 1.52 bits per heavy atom. The third-order valence-electron chi connectivity index (χ3n) is 15.7. The molecule has 62 heavy (non-hydrogen) atoms. The summed E-state index contributed by atoms with van der Waals surface area (Å²) in [5, 5.41) is 34.1. The molecular formula is C48H76N8O6. The Hall–Kier alpha value is -4.07. The van der Waals surface area contributed by atoms with Gasteiger partial charge in [-0.25, -0.2) is 4.63 Å². The number of amides is 3. The average Bonchev–Trinajstić information content (AvgIpc) is 3.87. The van der Waals surface area contributed by atoms with E-state index in [2.05, 4.69) is 82.2 Å². The first-order valence-corrected chi connectivity index (χ1v) is 24.2. The number of nitro groups is 1. The van der Waals surface area contributed by atoms with Crippen molar-refractivity contribution >= 4 is 40.1 Å². The van der Waals surface area contributed by atoms with Gasteiger partial charge in [-0.1, -0.05) is 72.0 Å². The van der Waals surface area contributed by atoms with Gasteiger partial charge >= 0.3 is 5.69 Å². The number of rotatable bonds is 24. The second-order valence-electron chi connectivity index (χ2n) is 20.2. The molecule has 0 saturated heterocycles. The molecule has 3 amide bonds. The van der Waals surface area contributed by atoms with Crippen molar-refractivity contribution in [2.75, 3.05) is 38.0 Å². The van der Waals surface area contributed by atoms with Gasteiger partial charge in [0, 0.05) is 57.5 Å². The number of allylic oxidation sites excluding steroid dienone is 1. The number of hydrogen-bond acceptors (Lipinski definition) is 10. The van der Waals surface area contributed by atoms with Gasteiger partial charge in [0.25, 0.3) is 0 Å². The van der Waals surface area contributed by atoms with Crippen molar-refractivity contribution in [2.24, 2.45) is 46.3 Å². The summed E-state index contributed by atoms with van der Waals surface area (Å²) in [5.41, 5.74) is 3.45. The Morgan fingerprint density at radius 3 is 2.26 bits per heavy atom. The zero-order valence-corrected chi connectivity index (χ0v) is 38.3. The van der Waals surface area contributed by atoms with Gasteiger partial charge in [0.15, 0.2) is 5.52 Å². The highest BCUT2D eigenvalue weighted by Crippen LogP contribution is 2.67. The highest BCUT2D eigenvalue weighted by molar-refractivity contribution is 5.93. The topological polar surface area (TPSA) is 193 Å². The van der Waals surface area contributed by atoms with Gasteiger partial charge < -0.3 is 26.6 Å². The van der Waals surface area contributed by atoms with Crippen LogP contribution < -0.4 is 26.6 Å². The first-order valence-electron chi connectivity index (χ1n) is 24.2. The van der Waals surface area contributed by atoms with Crippen molar-refractivity contribution in [1.29, 1.82) is 0 Å². The van der Waals surface area contributed by atoms with E-state index in [4.69, 9.17) is 0 Å². The molecule has 8 atom stereocenters. The van der Waals surface area contributed by atoms with Crippen molar-refractivity contribution in [2.45, 2.75) is 156 Å². The second kappa shape index (κ2) is 22.0. The lowest BCUT2D eigenvalue weighted by atomic mass is 9.47. The molecule has 4 aliphatic rings. The molecule has 3 fully saturated rings. The van der Waals surface area contributed by atoms with Gasteiger partial charge in [-0.3, -0.25) is 24.5 Å². The molecule has 0 spiro atoms. The van der Waals surface area contributed by atoms with Crippen LogP contribution in [0.1, 0.15) is 150 Å². The monoisotopic (exact) mass is 861 g/mol. The number of unbranched alkanes of at least 4 members (excludes halogenated alkanes) is 2. The van der Waals surface area contributed by atoms with E-state index in [1.165, 1.54) is 70.3 Å². The molecule has 0 radical (unpaired) electrons. The van der Waals surface area contributed by atoms with E-state index < -0.39 is 4.92 Å². The van der Waals surface area contributed by atoms with E-state index in [1.807, 2.05) is 0 Å². The van der Waals surface area contributed by atoms with Crippen LogP contribution in [0.5, 0.6) is 0 Å². The summed E-state index contributed by atoms with van der Waals surface area (Å²) in [6.45, 7) is 15.2. The van der Waals surface area contributed by atoms with Crippen molar-refractivity contribution in [3.8, 4) is 0 Å². The Labute approximate surface area is 369 Å². The number of aromatic nitrogens is 2. The number of fused-ring (bicyclic) bond motifs is 6. The van der Waals surface area contributed by atoms with Crippen molar-refractivity contribution in [3.63, 3.8) is 0 Å². The van der Waals surface area contributed by atoms with Crippen LogP contribution in [-0.2, 0) is 14.4 Å². The van der Waals surface area contributed by atoms with Crippen LogP contribution in [0.25, 0.3) is 11.0 Å². The second-order valence-corrected chi connectivity index (χ2v) is 20.2. The van der Waals surface area contributed by atoms with E-state index in [0.717, 1.165) is 67.7 Å². The smallest absolute Gasteiger partial charge is 0.300 e. The van der Waals surface area contributed by atoms with Crippen LogP contribution in [0.4, 0.5) is 11.4 Å². The van der Waals surface area contributed by atoms with E-state index in [-0.39, 0.29) is 54.9 Å². The Morgan fingerprint density at radius 1 is 0.790 bits per heavy atom. The summed E-state index contributed by atoms with van der Waals surface area (Å²) in [6, 6.07) is 3.45. The molecule has 1 aromatic heterocycles. The van der Waals surface area contributed by atoms with E-state index >= 15 is 0 Å². The minimum Gasteiger partial charge on any atom is -0.383 e. The molecule has 3 saturated carbocycles. The average molecular weight is 861 g/mol. The number of hydrogen-bond donors (Lipinski definition) is 5. The number of carbonyl (C=O) groups excluding carboxylic acids is 3. The normalized spacial score (nSPS) is 27.1. The van der Waals surface area contributed by atoms with Crippen molar-refractivity contribution in [1.82, 2.24) is 31.6 Å². The molecule has 5 N–H and O–H groups in total. The fraction of sp³-hybridized carbons (Fsp3) is 0.771. The zero-order valence-electron chi connectivity index (χ0n) is 38.3. The predicted molar refractivity (Wildman–Crippen MR) is 243 cm³/mol. The van der Waals surface area contributed by atoms with Gasteiger partial charge in [0.05, 0.1) is 10.6 Å². The number of nitro benzene ring substituents is 1. The first kappa shape index (κ1) is 47.4. The molecule has 0 bridgehead atoms. The van der Waals surface area contributed by atoms with Gasteiger partial charge in [-0.05, 0) is 140 Å². The maximum absolute atomic E-state index is 12.4. The lowest BCUT2D eigenvalue weighted by molar-refractivity contribution is -0.383. The minimum absolute atomic E-state index is 0.0712. The molecule has 14 nitrogen and oxygen atoms in total. The highest BCUT2D eigenvalue weighted by Gasteiger charge is 2.59. The maximum Gasteiger partial charge on any atom is 0.300 e.